The van der Waals surface area contributed by atoms with Gasteiger partial charge in [-0.3, -0.25) is 4.79 Å². The van der Waals surface area contributed by atoms with Crippen LogP contribution >= 0.6 is 11.8 Å². The van der Waals surface area contributed by atoms with Crippen molar-refractivity contribution in [1.82, 2.24) is 25.1 Å². The van der Waals surface area contributed by atoms with E-state index in [2.05, 4.69) is 15.5 Å². The second-order valence-electron chi connectivity index (χ2n) is 5.04. The summed E-state index contributed by atoms with van der Waals surface area (Å²) in [6.07, 6.45) is 0. The normalized spacial score (nSPS) is 13.5. The van der Waals surface area contributed by atoms with Gasteiger partial charge < -0.3 is 4.90 Å². The maximum Gasteiger partial charge on any atom is 0.235 e. The van der Waals surface area contributed by atoms with E-state index in [1.54, 1.807) is 23.7 Å². The van der Waals surface area contributed by atoms with Crippen LogP contribution in [0.4, 0.5) is 0 Å². The van der Waals surface area contributed by atoms with Crippen molar-refractivity contribution in [2.24, 2.45) is 0 Å². The predicted octanol–water partition coefficient (Wildman–Crippen LogP) is 0.997. The lowest BCUT2D eigenvalue weighted by Crippen LogP contribution is -2.31. The molecule has 6 nitrogen and oxygen atoms in total. The number of carbonyl (C=O) groups is 1. The number of aromatic nitrogens is 4. The Balaban J connectivity index is 2.83. The summed E-state index contributed by atoms with van der Waals surface area (Å²) in [4.78, 5) is 13.3. The van der Waals surface area contributed by atoms with Gasteiger partial charge >= 0.3 is 0 Å². The monoisotopic (exact) mass is 257 g/mol. The highest BCUT2D eigenvalue weighted by molar-refractivity contribution is 8.00. The summed E-state index contributed by atoms with van der Waals surface area (Å²) >= 11 is 1.38. The standard InChI is InChI=1S/C10H19N5OS/c1-7(8(16)14(5)6)17-9-11-12-13-15(9)10(2,3)4/h7H,1-6H3. The molecule has 0 saturated heterocycles. The number of nitrogens with zero attached hydrogens (tertiary/aromatic N) is 5. The molecule has 0 bridgehead atoms. The first kappa shape index (κ1) is 14.0. The van der Waals surface area contributed by atoms with E-state index in [0.29, 0.717) is 5.16 Å². The summed E-state index contributed by atoms with van der Waals surface area (Å²) in [5.74, 6) is 0.0541. The van der Waals surface area contributed by atoms with E-state index in [0.717, 1.165) is 0 Å². The lowest BCUT2D eigenvalue weighted by Gasteiger charge is -2.21. The Morgan fingerprint density at radius 3 is 2.47 bits per heavy atom. The van der Waals surface area contributed by atoms with Crippen molar-refractivity contribution < 1.29 is 4.79 Å². The highest BCUT2D eigenvalue weighted by Gasteiger charge is 2.24. The zero-order valence-electron chi connectivity index (χ0n) is 11.1. The summed E-state index contributed by atoms with van der Waals surface area (Å²) in [5, 5.41) is 12.0. The minimum Gasteiger partial charge on any atom is -0.348 e. The molecule has 0 N–H and O–H groups in total. The van der Waals surface area contributed by atoms with Gasteiger partial charge in [-0.2, -0.15) is 0 Å². The number of amides is 1. The SMILES string of the molecule is CC(Sc1nnnn1C(C)(C)C)C(=O)N(C)C. The molecule has 1 atom stereocenters. The molecule has 1 rings (SSSR count). The lowest BCUT2D eigenvalue weighted by molar-refractivity contribution is -0.127. The van der Waals surface area contributed by atoms with Gasteiger partial charge in [-0.05, 0) is 38.1 Å². The maximum atomic E-state index is 11.8. The third-order valence-electron chi connectivity index (χ3n) is 2.15. The molecule has 96 valence electrons. The van der Waals surface area contributed by atoms with E-state index in [-0.39, 0.29) is 16.7 Å². The molecule has 1 amide bonds. The van der Waals surface area contributed by atoms with Crippen molar-refractivity contribution in [2.75, 3.05) is 14.1 Å². The molecular weight excluding hydrogens is 238 g/mol. The fourth-order valence-electron chi connectivity index (χ4n) is 1.25. The minimum atomic E-state index is -0.197. The molecule has 1 heterocycles. The summed E-state index contributed by atoms with van der Waals surface area (Å²) in [6.45, 7) is 7.91. The molecule has 0 aliphatic rings. The van der Waals surface area contributed by atoms with E-state index < -0.39 is 0 Å². The van der Waals surface area contributed by atoms with Crippen molar-refractivity contribution in [3.05, 3.63) is 0 Å². The van der Waals surface area contributed by atoms with Gasteiger partial charge in [-0.15, -0.1) is 5.10 Å². The Morgan fingerprint density at radius 2 is 2.00 bits per heavy atom. The minimum absolute atomic E-state index is 0.0541. The highest BCUT2D eigenvalue weighted by Crippen LogP contribution is 2.25. The number of rotatable bonds is 3. The summed E-state index contributed by atoms with van der Waals surface area (Å²) in [7, 11) is 3.48. The molecule has 1 unspecified atom stereocenters. The zero-order valence-corrected chi connectivity index (χ0v) is 11.9. The summed E-state index contributed by atoms with van der Waals surface area (Å²) in [5.41, 5.74) is -0.188. The van der Waals surface area contributed by atoms with E-state index in [1.165, 1.54) is 11.8 Å². The summed E-state index contributed by atoms with van der Waals surface area (Å²) < 4.78 is 1.73. The molecule has 0 saturated carbocycles. The second-order valence-corrected chi connectivity index (χ2v) is 6.34. The van der Waals surface area contributed by atoms with Crippen LogP contribution in [0.1, 0.15) is 27.7 Å². The van der Waals surface area contributed by atoms with E-state index in [9.17, 15) is 4.79 Å². The summed E-state index contributed by atoms with van der Waals surface area (Å²) in [6, 6.07) is 0. The first-order valence-corrected chi connectivity index (χ1v) is 6.28. The fourth-order valence-corrected chi connectivity index (χ4v) is 2.37. The van der Waals surface area contributed by atoms with E-state index in [4.69, 9.17) is 0 Å². The maximum absolute atomic E-state index is 11.8. The first-order valence-electron chi connectivity index (χ1n) is 5.40. The van der Waals surface area contributed by atoms with Gasteiger partial charge in [0.1, 0.15) is 0 Å². The van der Waals surface area contributed by atoms with Crippen LogP contribution in [-0.2, 0) is 10.3 Å². The molecular formula is C10H19N5OS. The molecule has 1 aromatic heterocycles. The Hall–Kier alpha value is -1.11. The Kier molecular flexibility index (Phi) is 4.13. The topological polar surface area (TPSA) is 63.9 Å². The number of carbonyl (C=O) groups excluding carboxylic acids is 1. The first-order chi connectivity index (χ1) is 7.73. The van der Waals surface area contributed by atoms with Crippen molar-refractivity contribution in [3.63, 3.8) is 0 Å². The lowest BCUT2D eigenvalue weighted by atomic mass is 10.1. The molecule has 0 aliphatic carbocycles. The fraction of sp³-hybridized carbons (Fsp3) is 0.800. The smallest absolute Gasteiger partial charge is 0.235 e. The number of tetrazole rings is 1. The van der Waals surface area contributed by atoms with Gasteiger partial charge in [0.25, 0.3) is 0 Å². The number of hydrogen-bond acceptors (Lipinski definition) is 5. The zero-order chi connectivity index (χ0) is 13.2. The van der Waals surface area contributed by atoms with Crippen LogP contribution in [0.15, 0.2) is 5.16 Å². The molecule has 7 heteroatoms. The van der Waals surface area contributed by atoms with E-state index in [1.807, 2.05) is 27.7 Å². The van der Waals surface area contributed by atoms with Crippen LogP contribution in [0, 0.1) is 0 Å². The number of hydrogen-bond donors (Lipinski definition) is 0. The van der Waals surface area contributed by atoms with Gasteiger partial charge in [0.2, 0.25) is 11.1 Å². The van der Waals surface area contributed by atoms with Crippen LogP contribution < -0.4 is 0 Å². The molecule has 0 radical (unpaired) electrons. The van der Waals surface area contributed by atoms with Gasteiger partial charge in [-0.25, -0.2) is 4.68 Å². The van der Waals surface area contributed by atoms with Crippen molar-refractivity contribution in [3.8, 4) is 0 Å². The van der Waals surface area contributed by atoms with Crippen molar-refractivity contribution in [2.45, 2.75) is 43.6 Å². The van der Waals surface area contributed by atoms with Crippen LogP contribution in [0.2, 0.25) is 0 Å². The highest BCUT2D eigenvalue weighted by atomic mass is 32.2. The third-order valence-corrected chi connectivity index (χ3v) is 3.17. The quantitative estimate of drug-likeness (QED) is 0.756. The molecule has 0 aliphatic heterocycles. The molecule has 1 aromatic rings. The Labute approximate surface area is 106 Å². The molecule has 17 heavy (non-hydrogen) atoms. The van der Waals surface area contributed by atoms with Gasteiger partial charge in [0, 0.05) is 14.1 Å². The second kappa shape index (κ2) is 5.03. The predicted molar refractivity (Wildman–Crippen MR) is 66.8 cm³/mol. The third kappa shape index (κ3) is 3.42. The molecule has 0 fully saturated rings. The number of thioether (sulfide) groups is 1. The molecule has 0 aromatic carbocycles. The average molecular weight is 257 g/mol. The molecule has 0 spiro atoms. The Bertz CT molecular complexity index is 396. The van der Waals surface area contributed by atoms with E-state index >= 15 is 0 Å². The van der Waals surface area contributed by atoms with Gasteiger partial charge in [0.05, 0.1) is 10.8 Å². The van der Waals surface area contributed by atoms with Crippen molar-refractivity contribution >= 4 is 17.7 Å². The van der Waals surface area contributed by atoms with Crippen molar-refractivity contribution in [1.29, 1.82) is 0 Å². The largest absolute Gasteiger partial charge is 0.348 e. The van der Waals surface area contributed by atoms with Crippen LogP contribution in [0.25, 0.3) is 0 Å². The van der Waals surface area contributed by atoms with Crippen LogP contribution in [0.3, 0.4) is 0 Å². The average Bonchev–Trinajstić information content (AvgIpc) is 2.63. The van der Waals surface area contributed by atoms with Crippen LogP contribution in [-0.4, -0.2) is 50.4 Å². The van der Waals surface area contributed by atoms with Crippen LogP contribution in [0.5, 0.6) is 0 Å². The van der Waals surface area contributed by atoms with Gasteiger partial charge in [-0.1, -0.05) is 11.8 Å². The van der Waals surface area contributed by atoms with Gasteiger partial charge in [0.15, 0.2) is 0 Å². The Morgan fingerprint density at radius 1 is 1.41 bits per heavy atom.